The first-order chi connectivity index (χ1) is 14.7. The molecule has 0 fully saturated rings. The Balaban J connectivity index is 2.05. The number of allylic oxidation sites excluding steroid dienone is 4. The summed E-state index contributed by atoms with van der Waals surface area (Å²) >= 11 is 6.15. The predicted molar refractivity (Wildman–Crippen MR) is 119 cm³/mol. The first-order valence-corrected chi connectivity index (χ1v) is 10.2. The zero-order valence-corrected chi connectivity index (χ0v) is 18.3. The zero-order chi connectivity index (χ0) is 22.7. The number of carboxylic acid groups (broad SMARTS) is 1. The highest BCUT2D eigenvalue weighted by atomic mass is 35.5. The Morgan fingerprint density at radius 1 is 1.26 bits per heavy atom. The van der Waals surface area contributed by atoms with E-state index in [9.17, 15) is 19.5 Å². The molecular formula is C24H24ClNO5. The highest BCUT2D eigenvalue weighted by molar-refractivity contribution is 6.31. The fourth-order valence-corrected chi connectivity index (χ4v) is 4.00. The molecule has 0 saturated carbocycles. The summed E-state index contributed by atoms with van der Waals surface area (Å²) in [4.78, 5) is 37.1. The fourth-order valence-electron chi connectivity index (χ4n) is 3.79. The number of benzene rings is 1. The van der Waals surface area contributed by atoms with Crippen LogP contribution in [-0.4, -0.2) is 28.5 Å². The topological polar surface area (TPSA) is 85.6 Å². The number of hydrogen-bond acceptors (Lipinski definition) is 4. The molecule has 31 heavy (non-hydrogen) atoms. The third-order valence-corrected chi connectivity index (χ3v) is 5.73. The van der Waals surface area contributed by atoms with Gasteiger partial charge in [-0.05, 0) is 25.5 Å². The van der Waals surface area contributed by atoms with E-state index in [1.165, 1.54) is 26.3 Å². The lowest BCUT2D eigenvalue weighted by Crippen LogP contribution is -2.32. The van der Waals surface area contributed by atoms with Gasteiger partial charge in [0.05, 0.1) is 13.3 Å². The molecule has 6 nitrogen and oxygen atoms in total. The van der Waals surface area contributed by atoms with Gasteiger partial charge in [0.15, 0.2) is 0 Å². The van der Waals surface area contributed by atoms with E-state index in [1.54, 1.807) is 18.2 Å². The maximum absolute atomic E-state index is 13.0. The largest absolute Gasteiger partial charge is 0.495 e. The van der Waals surface area contributed by atoms with Crippen LogP contribution in [0.15, 0.2) is 64.6 Å². The Bertz CT molecular complexity index is 1110. The van der Waals surface area contributed by atoms with E-state index in [0.717, 1.165) is 15.7 Å². The maximum atomic E-state index is 13.0. The minimum atomic E-state index is -1.12. The summed E-state index contributed by atoms with van der Waals surface area (Å²) in [5.74, 6) is -1.84. The van der Waals surface area contributed by atoms with Crippen LogP contribution in [0.1, 0.15) is 35.6 Å². The number of pyridine rings is 1. The summed E-state index contributed by atoms with van der Waals surface area (Å²) in [5.41, 5.74) is 1.87. The Morgan fingerprint density at radius 2 is 1.94 bits per heavy atom. The van der Waals surface area contributed by atoms with Crippen LogP contribution >= 0.6 is 11.6 Å². The van der Waals surface area contributed by atoms with Gasteiger partial charge in [-0.25, -0.2) is 4.79 Å². The van der Waals surface area contributed by atoms with Crippen molar-refractivity contribution in [1.82, 2.24) is 4.57 Å². The smallest absolute Gasteiger partial charge is 0.327 e. The molecule has 3 rings (SSSR count). The van der Waals surface area contributed by atoms with E-state index in [2.05, 4.69) is 0 Å². The summed E-state index contributed by atoms with van der Waals surface area (Å²) in [6, 6.07) is 7.72. The molecule has 0 radical (unpaired) electrons. The van der Waals surface area contributed by atoms with E-state index in [1.807, 2.05) is 31.2 Å². The number of halogens is 1. The number of carbonyl (C=O) groups is 2. The minimum absolute atomic E-state index is 0.0734. The van der Waals surface area contributed by atoms with Crippen LogP contribution in [0.5, 0.6) is 5.75 Å². The Kier molecular flexibility index (Phi) is 6.81. The van der Waals surface area contributed by atoms with E-state index in [-0.39, 0.29) is 12.2 Å². The van der Waals surface area contributed by atoms with Gasteiger partial charge in [-0.3, -0.25) is 14.2 Å². The molecule has 0 amide bonds. The number of aromatic nitrogens is 1. The molecular weight excluding hydrogens is 418 g/mol. The van der Waals surface area contributed by atoms with Gasteiger partial charge in [0.2, 0.25) is 0 Å². The van der Waals surface area contributed by atoms with Crippen molar-refractivity contribution in [2.45, 2.75) is 32.2 Å². The first kappa shape index (κ1) is 22.6. The molecule has 0 aliphatic heterocycles. The van der Waals surface area contributed by atoms with Crippen molar-refractivity contribution in [3.63, 3.8) is 0 Å². The maximum Gasteiger partial charge on any atom is 0.327 e. The predicted octanol–water partition coefficient (Wildman–Crippen LogP) is 4.02. The molecule has 1 N–H and O–H groups in total. The number of ether oxygens (including phenoxy) is 1. The molecule has 1 aliphatic rings. The number of nitrogens with zero attached hydrogens (tertiary/aromatic N) is 1. The monoisotopic (exact) mass is 441 g/mol. The SMILES string of the molecule is COc1cn(C(Cc2ccc(C)cc2)C(=O)O)c(=O)cc1C1C=C(Cl)C=CC1C(C)=O. The van der Waals surface area contributed by atoms with Gasteiger partial charge in [-0.15, -0.1) is 0 Å². The summed E-state index contributed by atoms with van der Waals surface area (Å²) in [7, 11) is 1.44. The zero-order valence-electron chi connectivity index (χ0n) is 17.5. The molecule has 0 spiro atoms. The van der Waals surface area contributed by atoms with Gasteiger partial charge >= 0.3 is 5.97 Å². The van der Waals surface area contributed by atoms with E-state index < -0.39 is 29.4 Å². The first-order valence-electron chi connectivity index (χ1n) is 9.85. The second-order valence-electron chi connectivity index (χ2n) is 7.66. The van der Waals surface area contributed by atoms with Gasteiger partial charge in [-0.2, -0.15) is 0 Å². The van der Waals surface area contributed by atoms with Gasteiger partial charge in [0.25, 0.3) is 5.56 Å². The third-order valence-electron chi connectivity index (χ3n) is 5.48. The number of aliphatic carboxylic acids is 1. The molecule has 1 aromatic carbocycles. The average molecular weight is 442 g/mol. The van der Waals surface area contributed by atoms with Crippen molar-refractivity contribution < 1.29 is 19.4 Å². The van der Waals surface area contributed by atoms with E-state index >= 15 is 0 Å². The molecule has 3 unspecified atom stereocenters. The highest BCUT2D eigenvalue weighted by Crippen LogP contribution is 2.38. The quantitative estimate of drug-likeness (QED) is 0.701. The molecule has 1 heterocycles. The van der Waals surface area contributed by atoms with Crippen molar-refractivity contribution in [3.8, 4) is 5.75 Å². The molecule has 3 atom stereocenters. The number of Topliss-reactive ketones (excluding diaryl/α,β-unsaturated/α-hetero) is 1. The number of ketones is 1. The summed E-state index contributed by atoms with van der Waals surface area (Å²) in [5, 5.41) is 10.3. The van der Waals surface area contributed by atoms with Crippen molar-refractivity contribution >= 4 is 23.4 Å². The van der Waals surface area contributed by atoms with Crippen LogP contribution in [0, 0.1) is 12.8 Å². The van der Waals surface area contributed by atoms with Gasteiger partial charge < -0.3 is 9.84 Å². The van der Waals surface area contributed by atoms with Crippen LogP contribution in [0.25, 0.3) is 0 Å². The number of carbonyl (C=O) groups excluding carboxylic acids is 1. The van der Waals surface area contributed by atoms with Crippen LogP contribution in [-0.2, 0) is 16.0 Å². The normalized spacial score (nSPS) is 18.9. The van der Waals surface area contributed by atoms with E-state index in [0.29, 0.717) is 16.3 Å². The fraction of sp³-hybridized carbons (Fsp3) is 0.292. The standard InChI is InChI=1S/C24H24ClNO5/c1-14-4-6-16(7-5-14)10-21(24(29)30)26-13-22(31-3)20(12-23(26)28)19-11-17(25)8-9-18(19)15(2)27/h4-9,11-13,18-19,21H,10H2,1-3H3,(H,29,30). The molecule has 0 bridgehead atoms. The van der Waals surface area contributed by atoms with Crippen molar-refractivity contribution in [3.05, 3.63) is 86.8 Å². The van der Waals surface area contributed by atoms with Crippen LogP contribution in [0.4, 0.5) is 0 Å². The molecule has 162 valence electrons. The number of aryl methyl sites for hydroxylation is 1. The lowest BCUT2D eigenvalue weighted by atomic mass is 9.81. The highest BCUT2D eigenvalue weighted by Gasteiger charge is 2.30. The number of hydrogen-bond donors (Lipinski definition) is 1. The summed E-state index contributed by atoms with van der Waals surface area (Å²) in [6.45, 7) is 3.42. The van der Waals surface area contributed by atoms with Crippen molar-refractivity contribution in [2.24, 2.45) is 5.92 Å². The summed E-state index contributed by atoms with van der Waals surface area (Å²) < 4.78 is 6.66. The van der Waals surface area contributed by atoms with Gasteiger partial charge in [-0.1, -0.05) is 53.6 Å². The van der Waals surface area contributed by atoms with Crippen molar-refractivity contribution in [2.75, 3.05) is 7.11 Å². The molecule has 1 aromatic heterocycles. The summed E-state index contributed by atoms with van der Waals surface area (Å²) in [6.07, 6.45) is 6.61. The van der Waals surface area contributed by atoms with Crippen LogP contribution < -0.4 is 10.3 Å². The van der Waals surface area contributed by atoms with Gasteiger partial charge in [0, 0.05) is 34.9 Å². The minimum Gasteiger partial charge on any atom is -0.495 e. The number of carboxylic acids is 1. The van der Waals surface area contributed by atoms with Crippen LogP contribution in [0.3, 0.4) is 0 Å². The Hall–Kier alpha value is -3.12. The average Bonchev–Trinajstić information content (AvgIpc) is 2.73. The second kappa shape index (κ2) is 9.35. The van der Waals surface area contributed by atoms with E-state index in [4.69, 9.17) is 16.3 Å². The van der Waals surface area contributed by atoms with Gasteiger partial charge in [0.1, 0.15) is 17.6 Å². The van der Waals surface area contributed by atoms with Crippen molar-refractivity contribution in [1.29, 1.82) is 0 Å². The second-order valence-corrected chi connectivity index (χ2v) is 8.10. The third kappa shape index (κ3) is 4.97. The number of methoxy groups -OCH3 is 1. The Morgan fingerprint density at radius 3 is 2.52 bits per heavy atom. The Labute approximate surface area is 185 Å². The lowest BCUT2D eigenvalue weighted by Gasteiger charge is -2.26. The molecule has 0 saturated heterocycles. The molecule has 7 heteroatoms. The van der Waals surface area contributed by atoms with Crippen LogP contribution in [0.2, 0.25) is 0 Å². The number of rotatable bonds is 7. The molecule has 2 aromatic rings. The lowest BCUT2D eigenvalue weighted by molar-refractivity contribution is -0.141. The molecule has 1 aliphatic carbocycles.